The molecule has 0 aromatic rings. The van der Waals surface area contributed by atoms with Gasteiger partial charge in [-0.25, -0.2) is 0 Å². The lowest BCUT2D eigenvalue weighted by Gasteiger charge is -2.16. The lowest BCUT2D eigenvalue weighted by atomic mass is 10.0. The number of hydrogen-bond donors (Lipinski definition) is 2. The fourth-order valence-electron chi connectivity index (χ4n) is 2.13. The number of hydrogen-bond acceptors (Lipinski definition) is 5. The molecule has 2 amide bonds. The highest BCUT2D eigenvalue weighted by molar-refractivity contribution is 5.82. The summed E-state index contributed by atoms with van der Waals surface area (Å²) in [6.45, 7) is 6.73. The van der Waals surface area contributed by atoms with Gasteiger partial charge in [-0.1, -0.05) is 20.8 Å². The van der Waals surface area contributed by atoms with Gasteiger partial charge in [-0.3, -0.25) is 24.1 Å². The Balaban J connectivity index is 3.77. The second-order valence-corrected chi connectivity index (χ2v) is 6.59. The molecule has 0 aliphatic rings. The first-order valence-corrected chi connectivity index (χ1v) is 9.02. The Morgan fingerprint density at radius 2 is 1.36 bits per heavy atom. The quantitative estimate of drug-likeness (QED) is 0.452. The largest absolute Gasteiger partial charge is 0.355 e. The molecule has 0 aliphatic carbocycles. The van der Waals surface area contributed by atoms with Crippen LogP contribution in [0, 0.1) is 5.92 Å². The minimum Gasteiger partial charge on any atom is -0.355 e. The Hall–Kier alpha value is -1.76. The molecular formula is C18H33N3O4. The summed E-state index contributed by atoms with van der Waals surface area (Å²) in [5.74, 6) is 0.0878. The normalized spacial score (nSPS) is 10.8. The summed E-state index contributed by atoms with van der Waals surface area (Å²) in [5, 5.41) is 5.49. The van der Waals surface area contributed by atoms with Crippen molar-refractivity contribution in [3.05, 3.63) is 0 Å². The molecular weight excluding hydrogens is 322 g/mol. The average molecular weight is 355 g/mol. The predicted octanol–water partition coefficient (Wildman–Crippen LogP) is 0.915. The van der Waals surface area contributed by atoms with Crippen molar-refractivity contribution in [1.82, 2.24) is 15.5 Å². The van der Waals surface area contributed by atoms with Gasteiger partial charge in [0.25, 0.3) is 0 Å². The first-order chi connectivity index (χ1) is 11.8. The van der Waals surface area contributed by atoms with Crippen molar-refractivity contribution in [3.8, 4) is 0 Å². The van der Waals surface area contributed by atoms with E-state index in [1.54, 1.807) is 11.9 Å². The number of rotatable bonds is 14. The first-order valence-electron chi connectivity index (χ1n) is 9.02. The maximum absolute atomic E-state index is 11.8. The molecule has 0 aliphatic heterocycles. The van der Waals surface area contributed by atoms with E-state index < -0.39 is 0 Å². The third-order valence-electron chi connectivity index (χ3n) is 3.74. The van der Waals surface area contributed by atoms with Gasteiger partial charge in [-0.05, 0) is 19.9 Å². The molecule has 7 nitrogen and oxygen atoms in total. The second kappa shape index (κ2) is 13.5. The summed E-state index contributed by atoms with van der Waals surface area (Å²) in [6.07, 6.45) is 2.74. The first kappa shape index (κ1) is 23.2. The SMILES string of the molecule is CCC(=O)CCCNC(=O)CN(C)CC(=O)NCCCC(=O)C(C)C. The lowest BCUT2D eigenvalue weighted by Crippen LogP contribution is -2.41. The Morgan fingerprint density at radius 3 is 1.80 bits per heavy atom. The predicted molar refractivity (Wildman–Crippen MR) is 97.1 cm³/mol. The number of nitrogens with one attached hydrogen (secondary N) is 2. The van der Waals surface area contributed by atoms with Gasteiger partial charge in [0.1, 0.15) is 11.6 Å². The smallest absolute Gasteiger partial charge is 0.234 e. The van der Waals surface area contributed by atoms with Crippen LogP contribution in [0.2, 0.25) is 0 Å². The fraction of sp³-hybridized carbons (Fsp3) is 0.778. The van der Waals surface area contributed by atoms with E-state index in [-0.39, 0.29) is 42.4 Å². The van der Waals surface area contributed by atoms with Crippen LogP contribution in [0.4, 0.5) is 0 Å². The molecule has 0 rings (SSSR count). The van der Waals surface area contributed by atoms with Crippen molar-refractivity contribution >= 4 is 23.4 Å². The van der Waals surface area contributed by atoms with Crippen molar-refractivity contribution < 1.29 is 19.2 Å². The zero-order valence-electron chi connectivity index (χ0n) is 16.0. The lowest BCUT2D eigenvalue weighted by molar-refractivity contribution is -0.125. The summed E-state index contributed by atoms with van der Waals surface area (Å²) in [6, 6.07) is 0. The molecule has 0 fully saturated rings. The van der Waals surface area contributed by atoms with Gasteiger partial charge in [-0.2, -0.15) is 0 Å². The van der Waals surface area contributed by atoms with E-state index in [9.17, 15) is 19.2 Å². The highest BCUT2D eigenvalue weighted by atomic mass is 16.2. The molecule has 7 heteroatoms. The summed E-state index contributed by atoms with van der Waals surface area (Å²) >= 11 is 0. The molecule has 0 saturated carbocycles. The van der Waals surface area contributed by atoms with Gasteiger partial charge < -0.3 is 10.6 Å². The minimum absolute atomic E-state index is 0.0282. The van der Waals surface area contributed by atoms with Crippen LogP contribution in [0.5, 0.6) is 0 Å². The van der Waals surface area contributed by atoms with Gasteiger partial charge >= 0.3 is 0 Å². The molecule has 0 aromatic heterocycles. The standard InChI is InChI=1S/C18H33N3O4/c1-5-15(22)8-6-10-19-17(24)12-21(4)13-18(25)20-11-7-9-16(23)14(2)3/h14H,5-13H2,1-4H3,(H,19,24)(H,20,25). The topological polar surface area (TPSA) is 95.6 Å². The van der Waals surface area contributed by atoms with Gasteiger partial charge in [0.15, 0.2) is 0 Å². The van der Waals surface area contributed by atoms with Crippen LogP contribution in [-0.2, 0) is 19.2 Å². The molecule has 144 valence electrons. The summed E-state index contributed by atoms with van der Waals surface area (Å²) < 4.78 is 0. The van der Waals surface area contributed by atoms with Crippen molar-refractivity contribution in [3.63, 3.8) is 0 Å². The molecule has 0 atom stereocenters. The maximum Gasteiger partial charge on any atom is 0.234 e. The molecule has 0 spiro atoms. The molecule has 0 radical (unpaired) electrons. The Bertz CT molecular complexity index is 450. The second-order valence-electron chi connectivity index (χ2n) is 6.59. The zero-order chi connectivity index (χ0) is 19.2. The van der Waals surface area contributed by atoms with Crippen LogP contribution in [-0.4, -0.2) is 61.5 Å². The highest BCUT2D eigenvalue weighted by Crippen LogP contribution is 2.00. The molecule has 25 heavy (non-hydrogen) atoms. The molecule has 2 N–H and O–H groups in total. The van der Waals surface area contributed by atoms with E-state index in [0.717, 1.165) is 0 Å². The number of amides is 2. The van der Waals surface area contributed by atoms with Gasteiger partial charge in [0.2, 0.25) is 11.8 Å². The van der Waals surface area contributed by atoms with Gasteiger partial charge in [-0.15, -0.1) is 0 Å². The molecule has 0 aromatic carbocycles. The monoisotopic (exact) mass is 355 g/mol. The summed E-state index contributed by atoms with van der Waals surface area (Å²) in [4.78, 5) is 47.8. The molecule has 0 heterocycles. The van der Waals surface area contributed by atoms with Crippen molar-refractivity contribution in [2.45, 2.75) is 52.9 Å². The van der Waals surface area contributed by atoms with E-state index in [2.05, 4.69) is 10.6 Å². The number of likely N-dealkylation sites (N-methyl/N-ethyl adjacent to an activating group) is 1. The fourth-order valence-corrected chi connectivity index (χ4v) is 2.13. The van der Waals surface area contributed by atoms with Gasteiger partial charge in [0, 0.05) is 38.3 Å². The number of nitrogens with zero attached hydrogens (tertiary/aromatic N) is 1. The van der Waals surface area contributed by atoms with Crippen molar-refractivity contribution in [1.29, 1.82) is 0 Å². The van der Waals surface area contributed by atoms with Crippen LogP contribution in [0.1, 0.15) is 52.9 Å². The average Bonchev–Trinajstić information content (AvgIpc) is 2.54. The van der Waals surface area contributed by atoms with Crippen LogP contribution in [0.15, 0.2) is 0 Å². The van der Waals surface area contributed by atoms with Crippen molar-refractivity contribution in [2.24, 2.45) is 5.92 Å². The van der Waals surface area contributed by atoms with E-state index in [1.165, 1.54) is 0 Å². The molecule has 0 bridgehead atoms. The maximum atomic E-state index is 11.8. The third kappa shape index (κ3) is 13.2. The van der Waals surface area contributed by atoms with E-state index in [0.29, 0.717) is 45.2 Å². The number of carbonyl (C=O) groups is 4. The van der Waals surface area contributed by atoms with Gasteiger partial charge in [0.05, 0.1) is 13.1 Å². The van der Waals surface area contributed by atoms with Crippen LogP contribution < -0.4 is 10.6 Å². The van der Waals surface area contributed by atoms with E-state index in [4.69, 9.17) is 0 Å². The Morgan fingerprint density at radius 1 is 0.880 bits per heavy atom. The van der Waals surface area contributed by atoms with Crippen LogP contribution in [0.3, 0.4) is 0 Å². The summed E-state index contributed by atoms with van der Waals surface area (Å²) in [5.41, 5.74) is 0. The minimum atomic E-state index is -0.166. The molecule has 0 saturated heterocycles. The third-order valence-corrected chi connectivity index (χ3v) is 3.74. The molecule has 0 unspecified atom stereocenters. The van der Waals surface area contributed by atoms with E-state index >= 15 is 0 Å². The van der Waals surface area contributed by atoms with E-state index in [1.807, 2.05) is 20.8 Å². The van der Waals surface area contributed by atoms with Crippen molar-refractivity contribution in [2.75, 3.05) is 33.2 Å². The Labute approximate surface area is 150 Å². The summed E-state index contributed by atoms with van der Waals surface area (Å²) in [7, 11) is 1.70. The number of carbonyl (C=O) groups excluding carboxylic acids is 4. The van der Waals surface area contributed by atoms with Crippen LogP contribution >= 0.6 is 0 Å². The van der Waals surface area contributed by atoms with Crippen LogP contribution in [0.25, 0.3) is 0 Å². The number of Topliss-reactive ketones (excluding diaryl/α,β-unsaturated/α-hetero) is 2. The zero-order valence-corrected chi connectivity index (χ0v) is 16.0. The Kier molecular flexibility index (Phi) is 12.6. The number of ketones is 2. The highest BCUT2D eigenvalue weighted by Gasteiger charge is 2.11.